The number of para-hydroxylation sites is 1. The molecule has 0 atom stereocenters. The highest BCUT2D eigenvalue weighted by molar-refractivity contribution is 6.31. The van der Waals surface area contributed by atoms with Crippen LogP contribution in [0.4, 0.5) is 5.69 Å². The standard InChI is InChI=1S/C17H12ClN3O2/c1-9-12-7-11(18)5-6-14(12)23-16(9)17(22)20-13-4-2-3-10-8-19-21-15(10)13/h2-8H,1H3,(H,19,21)(H,20,22). The number of anilines is 1. The first-order valence-corrected chi connectivity index (χ1v) is 7.43. The summed E-state index contributed by atoms with van der Waals surface area (Å²) in [5, 5.41) is 12.1. The predicted octanol–water partition coefficient (Wildman–Crippen LogP) is 4.52. The SMILES string of the molecule is Cc1c(C(=O)Nc2cccc3cn[nH]c23)oc2ccc(Cl)cc12. The van der Waals surface area contributed by atoms with Crippen LogP contribution in [0.5, 0.6) is 0 Å². The second kappa shape index (κ2) is 5.14. The number of carbonyl (C=O) groups excluding carboxylic acids is 1. The molecule has 0 saturated heterocycles. The molecule has 0 aliphatic carbocycles. The number of aromatic nitrogens is 2. The molecule has 0 spiro atoms. The molecule has 0 fully saturated rings. The van der Waals surface area contributed by atoms with E-state index in [9.17, 15) is 4.79 Å². The van der Waals surface area contributed by atoms with Gasteiger partial charge in [0.05, 0.1) is 17.4 Å². The molecule has 0 aliphatic heterocycles. The summed E-state index contributed by atoms with van der Waals surface area (Å²) >= 11 is 6.01. The third kappa shape index (κ3) is 2.26. The van der Waals surface area contributed by atoms with Gasteiger partial charge < -0.3 is 9.73 Å². The van der Waals surface area contributed by atoms with Crippen LogP contribution in [0.1, 0.15) is 16.1 Å². The molecule has 0 aliphatic rings. The van der Waals surface area contributed by atoms with Crippen molar-refractivity contribution in [2.75, 3.05) is 5.32 Å². The number of H-pyrrole nitrogens is 1. The average molecular weight is 326 g/mol. The number of aromatic amines is 1. The highest BCUT2D eigenvalue weighted by atomic mass is 35.5. The van der Waals surface area contributed by atoms with Crippen LogP contribution in [0, 0.1) is 6.92 Å². The minimum Gasteiger partial charge on any atom is -0.451 e. The minimum absolute atomic E-state index is 0.277. The summed E-state index contributed by atoms with van der Waals surface area (Å²) in [5.74, 6) is -0.0318. The van der Waals surface area contributed by atoms with Crippen LogP contribution >= 0.6 is 11.6 Å². The highest BCUT2D eigenvalue weighted by Gasteiger charge is 2.19. The summed E-state index contributed by atoms with van der Waals surface area (Å²) in [5.41, 5.74) is 2.83. The molecule has 2 aromatic heterocycles. The van der Waals surface area contributed by atoms with E-state index in [0.29, 0.717) is 16.3 Å². The Morgan fingerprint density at radius 3 is 3.04 bits per heavy atom. The van der Waals surface area contributed by atoms with Crippen LogP contribution in [0.25, 0.3) is 21.9 Å². The molecular formula is C17H12ClN3O2. The Bertz CT molecular complexity index is 1050. The van der Waals surface area contributed by atoms with Gasteiger partial charge in [0.25, 0.3) is 5.91 Å². The summed E-state index contributed by atoms with van der Waals surface area (Å²) < 4.78 is 5.68. The van der Waals surface area contributed by atoms with Gasteiger partial charge in [-0.25, -0.2) is 0 Å². The largest absolute Gasteiger partial charge is 0.451 e. The van der Waals surface area contributed by atoms with Gasteiger partial charge in [0.15, 0.2) is 5.76 Å². The van der Waals surface area contributed by atoms with Crippen molar-refractivity contribution < 1.29 is 9.21 Å². The number of halogens is 1. The maximum absolute atomic E-state index is 12.6. The molecule has 4 aromatic rings. The number of furan rings is 1. The molecule has 2 N–H and O–H groups in total. The van der Waals surface area contributed by atoms with E-state index in [4.69, 9.17) is 16.0 Å². The van der Waals surface area contributed by atoms with Gasteiger partial charge in [-0.05, 0) is 31.2 Å². The molecule has 0 radical (unpaired) electrons. The lowest BCUT2D eigenvalue weighted by Crippen LogP contribution is -2.12. The second-order valence-electron chi connectivity index (χ2n) is 5.29. The Morgan fingerprint density at radius 1 is 1.30 bits per heavy atom. The third-order valence-corrected chi connectivity index (χ3v) is 4.06. The topological polar surface area (TPSA) is 70.9 Å². The molecule has 2 heterocycles. The van der Waals surface area contributed by atoms with Gasteiger partial charge in [-0.15, -0.1) is 0 Å². The number of hydrogen-bond donors (Lipinski definition) is 2. The smallest absolute Gasteiger partial charge is 0.291 e. The van der Waals surface area contributed by atoms with Crippen molar-refractivity contribution in [3.63, 3.8) is 0 Å². The zero-order valence-electron chi connectivity index (χ0n) is 12.2. The lowest BCUT2D eigenvalue weighted by atomic mass is 10.1. The summed E-state index contributed by atoms with van der Waals surface area (Å²) in [4.78, 5) is 12.6. The summed E-state index contributed by atoms with van der Waals surface area (Å²) in [7, 11) is 0. The van der Waals surface area contributed by atoms with E-state index in [0.717, 1.165) is 21.9 Å². The first-order valence-electron chi connectivity index (χ1n) is 7.05. The van der Waals surface area contributed by atoms with Crippen molar-refractivity contribution in [3.8, 4) is 0 Å². The third-order valence-electron chi connectivity index (χ3n) is 3.83. The van der Waals surface area contributed by atoms with E-state index in [2.05, 4.69) is 15.5 Å². The lowest BCUT2D eigenvalue weighted by Gasteiger charge is -2.04. The molecule has 6 heteroatoms. The van der Waals surface area contributed by atoms with Gasteiger partial charge in [0, 0.05) is 21.4 Å². The number of benzene rings is 2. The Morgan fingerprint density at radius 2 is 2.17 bits per heavy atom. The number of aryl methyl sites for hydroxylation is 1. The van der Waals surface area contributed by atoms with Gasteiger partial charge in [0.1, 0.15) is 5.58 Å². The fourth-order valence-corrected chi connectivity index (χ4v) is 2.83. The summed E-state index contributed by atoms with van der Waals surface area (Å²) in [6, 6.07) is 10.9. The monoisotopic (exact) mass is 325 g/mol. The maximum atomic E-state index is 12.6. The summed E-state index contributed by atoms with van der Waals surface area (Å²) in [6.45, 7) is 1.84. The van der Waals surface area contributed by atoms with Crippen molar-refractivity contribution in [1.29, 1.82) is 0 Å². The van der Waals surface area contributed by atoms with Crippen molar-refractivity contribution in [1.82, 2.24) is 10.2 Å². The number of rotatable bonds is 2. The van der Waals surface area contributed by atoms with Crippen molar-refractivity contribution in [2.24, 2.45) is 0 Å². The molecule has 4 rings (SSSR count). The highest BCUT2D eigenvalue weighted by Crippen LogP contribution is 2.29. The van der Waals surface area contributed by atoms with E-state index in [1.54, 1.807) is 24.4 Å². The van der Waals surface area contributed by atoms with Crippen LogP contribution in [0.15, 0.2) is 47.0 Å². The second-order valence-corrected chi connectivity index (χ2v) is 5.73. The van der Waals surface area contributed by atoms with Crippen LogP contribution in [0.2, 0.25) is 5.02 Å². The average Bonchev–Trinajstić information content (AvgIpc) is 3.13. The Hall–Kier alpha value is -2.79. The fraction of sp³-hybridized carbons (Fsp3) is 0.0588. The molecule has 23 heavy (non-hydrogen) atoms. The van der Waals surface area contributed by atoms with Crippen molar-refractivity contribution >= 4 is 45.1 Å². The molecule has 114 valence electrons. The van der Waals surface area contributed by atoms with Gasteiger partial charge in [0.2, 0.25) is 0 Å². The van der Waals surface area contributed by atoms with Crippen LogP contribution in [0.3, 0.4) is 0 Å². The minimum atomic E-state index is -0.308. The first kappa shape index (κ1) is 13.8. The molecule has 0 bridgehead atoms. The van der Waals surface area contributed by atoms with E-state index >= 15 is 0 Å². The summed E-state index contributed by atoms with van der Waals surface area (Å²) in [6.07, 6.45) is 1.71. The van der Waals surface area contributed by atoms with Gasteiger partial charge in [-0.2, -0.15) is 5.10 Å². The predicted molar refractivity (Wildman–Crippen MR) is 90.0 cm³/mol. The van der Waals surface area contributed by atoms with Gasteiger partial charge in [-0.1, -0.05) is 23.7 Å². The zero-order chi connectivity index (χ0) is 16.0. The van der Waals surface area contributed by atoms with Crippen molar-refractivity contribution in [2.45, 2.75) is 6.92 Å². The Labute approximate surface area is 136 Å². The lowest BCUT2D eigenvalue weighted by molar-refractivity contribution is 0.0998. The normalized spacial score (nSPS) is 11.2. The Balaban J connectivity index is 1.75. The number of amides is 1. The van der Waals surface area contributed by atoms with E-state index in [1.807, 2.05) is 25.1 Å². The molecular weight excluding hydrogens is 314 g/mol. The zero-order valence-corrected chi connectivity index (χ0v) is 12.9. The van der Waals surface area contributed by atoms with Gasteiger partial charge >= 0.3 is 0 Å². The van der Waals surface area contributed by atoms with Crippen LogP contribution in [-0.4, -0.2) is 16.1 Å². The van der Waals surface area contributed by atoms with Crippen molar-refractivity contribution in [3.05, 3.63) is 58.9 Å². The maximum Gasteiger partial charge on any atom is 0.291 e. The number of fused-ring (bicyclic) bond motifs is 2. The number of nitrogens with zero attached hydrogens (tertiary/aromatic N) is 1. The number of nitrogens with one attached hydrogen (secondary N) is 2. The fourth-order valence-electron chi connectivity index (χ4n) is 2.66. The molecule has 0 saturated carbocycles. The van der Waals surface area contributed by atoms with Crippen LogP contribution in [-0.2, 0) is 0 Å². The van der Waals surface area contributed by atoms with E-state index < -0.39 is 0 Å². The number of hydrogen-bond acceptors (Lipinski definition) is 3. The number of carbonyl (C=O) groups is 1. The molecule has 5 nitrogen and oxygen atoms in total. The Kier molecular flexibility index (Phi) is 3.09. The van der Waals surface area contributed by atoms with E-state index in [-0.39, 0.29) is 11.7 Å². The van der Waals surface area contributed by atoms with Crippen LogP contribution < -0.4 is 5.32 Å². The molecule has 1 amide bonds. The first-order chi connectivity index (χ1) is 11.1. The quantitative estimate of drug-likeness (QED) is 0.569. The molecule has 0 unspecified atom stereocenters. The van der Waals surface area contributed by atoms with E-state index in [1.165, 1.54) is 0 Å². The molecule has 2 aromatic carbocycles. The van der Waals surface area contributed by atoms with Gasteiger partial charge in [-0.3, -0.25) is 9.89 Å².